The fourth-order valence-corrected chi connectivity index (χ4v) is 3.77. The van der Waals surface area contributed by atoms with Gasteiger partial charge in [-0.15, -0.1) is 0 Å². The average molecular weight is 256 g/mol. The molecule has 0 aromatic carbocycles. The van der Waals surface area contributed by atoms with Gasteiger partial charge in [0, 0.05) is 18.9 Å². The molecular weight excluding hydrogens is 228 g/mol. The molecule has 2 rings (SSSR count). The van der Waals surface area contributed by atoms with Crippen LogP contribution < -0.4 is 0 Å². The molecule has 0 aromatic heterocycles. The van der Waals surface area contributed by atoms with E-state index >= 15 is 0 Å². The highest BCUT2D eigenvalue weighted by Crippen LogP contribution is 2.49. The third kappa shape index (κ3) is 2.45. The van der Waals surface area contributed by atoms with Crippen LogP contribution in [0.15, 0.2) is 0 Å². The third-order valence-corrected chi connectivity index (χ3v) is 5.33. The molecule has 0 saturated heterocycles. The number of hydrogen-bond donors (Lipinski definition) is 1. The highest BCUT2D eigenvalue weighted by atomic mass is 16.5. The molecule has 0 bridgehead atoms. The first-order chi connectivity index (χ1) is 8.66. The molecule has 0 amide bonds. The quantitative estimate of drug-likeness (QED) is 0.822. The van der Waals surface area contributed by atoms with Crippen LogP contribution in [0, 0.1) is 5.41 Å². The summed E-state index contributed by atoms with van der Waals surface area (Å²) in [5.41, 5.74) is 0.0139. The molecule has 1 N–H and O–H groups in total. The Morgan fingerprint density at radius 2 is 1.78 bits per heavy atom. The minimum atomic E-state index is -0.167. The lowest BCUT2D eigenvalue weighted by atomic mass is 9.60. The maximum Gasteiger partial charge on any atom is 0.0684 e. The Bertz CT molecular complexity index is 262. The summed E-state index contributed by atoms with van der Waals surface area (Å²) in [5.74, 6) is 0. The fraction of sp³-hybridized carbons (Fsp3) is 1.00. The minimum absolute atomic E-state index is 0.0139. The van der Waals surface area contributed by atoms with Gasteiger partial charge in [0.25, 0.3) is 0 Å². The third-order valence-electron chi connectivity index (χ3n) is 5.33. The SMILES string of the molecule is CCC1(CC)C(O)CC1OC1CCCC(OC)C1. The first-order valence-corrected chi connectivity index (χ1v) is 7.52. The van der Waals surface area contributed by atoms with Crippen molar-refractivity contribution in [1.82, 2.24) is 0 Å². The Morgan fingerprint density at radius 1 is 1.11 bits per heavy atom. The van der Waals surface area contributed by atoms with E-state index < -0.39 is 0 Å². The predicted molar refractivity (Wildman–Crippen MR) is 71.6 cm³/mol. The van der Waals surface area contributed by atoms with Crippen LogP contribution in [0.4, 0.5) is 0 Å². The summed E-state index contributed by atoms with van der Waals surface area (Å²) in [6.45, 7) is 4.34. The highest BCUT2D eigenvalue weighted by Gasteiger charge is 2.53. The molecule has 2 aliphatic rings. The highest BCUT2D eigenvalue weighted by molar-refractivity contribution is 5.03. The molecule has 2 aliphatic carbocycles. The molecule has 2 fully saturated rings. The van der Waals surface area contributed by atoms with Crippen molar-refractivity contribution >= 4 is 0 Å². The van der Waals surface area contributed by atoms with Gasteiger partial charge in [-0.25, -0.2) is 0 Å². The maximum atomic E-state index is 10.1. The minimum Gasteiger partial charge on any atom is -0.392 e. The number of rotatable bonds is 5. The van der Waals surface area contributed by atoms with Crippen LogP contribution in [0.2, 0.25) is 0 Å². The normalized spacial score (nSPS) is 39.3. The Hall–Kier alpha value is -0.120. The van der Waals surface area contributed by atoms with E-state index in [2.05, 4.69) is 13.8 Å². The first-order valence-electron chi connectivity index (χ1n) is 7.52. The van der Waals surface area contributed by atoms with Gasteiger partial charge in [0.1, 0.15) is 0 Å². The predicted octanol–water partition coefficient (Wildman–Crippen LogP) is 2.90. The molecule has 0 aliphatic heterocycles. The molecule has 3 nitrogen and oxygen atoms in total. The monoisotopic (exact) mass is 256 g/mol. The molecule has 2 saturated carbocycles. The van der Waals surface area contributed by atoms with Crippen LogP contribution >= 0.6 is 0 Å². The van der Waals surface area contributed by atoms with Gasteiger partial charge in [0.15, 0.2) is 0 Å². The van der Waals surface area contributed by atoms with E-state index in [1.807, 2.05) is 0 Å². The van der Waals surface area contributed by atoms with Crippen molar-refractivity contribution in [3.8, 4) is 0 Å². The molecule has 3 heteroatoms. The zero-order valence-electron chi connectivity index (χ0n) is 12.0. The number of hydrogen-bond acceptors (Lipinski definition) is 3. The van der Waals surface area contributed by atoms with Crippen molar-refractivity contribution in [2.75, 3.05) is 7.11 Å². The van der Waals surface area contributed by atoms with Crippen molar-refractivity contribution in [3.05, 3.63) is 0 Å². The van der Waals surface area contributed by atoms with Crippen LogP contribution in [-0.2, 0) is 9.47 Å². The summed E-state index contributed by atoms with van der Waals surface area (Å²) in [7, 11) is 1.79. The van der Waals surface area contributed by atoms with Crippen LogP contribution in [0.1, 0.15) is 58.8 Å². The number of ether oxygens (including phenoxy) is 2. The summed E-state index contributed by atoms with van der Waals surface area (Å²) < 4.78 is 11.7. The second-order valence-electron chi connectivity index (χ2n) is 5.96. The summed E-state index contributed by atoms with van der Waals surface area (Å²) in [6, 6.07) is 0. The number of aliphatic hydroxyl groups is 1. The Labute approximate surface area is 111 Å². The van der Waals surface area contributed by atoms with E-state index in [0.717, 1.165) is 38.5 Å². The maximum absolute atomic E-state index is 10.1. The van der Waals surface area contributed by atoms with E-state index in [0.29, 0.717) is 12.2 Å². The van der Waals surface area contributed by atoms with E-state index in [4.69, 9.17) is 9.47 Å². The Morgan fingerprint density at radius 3 is 2.33 bits per heavy atom. The van der Waals surface area contributed by atoms with Gasteiger partial charge in [-0.1, -0.05) is 13.8 Å². The van der Waals surface area contributed by atoms with Crippen LogP contribution in [0.3, 0.4) is 0 Å². The van der Waals surface area contributed by atoms with Crippen molar-refractivity contribution < 1.29 is 14.6 Å². The Kier molecular flexibility index (Phi) is 4.68. The second-order valence-corrected chi connectivity index (χ2v) is 5.96. The van der Waals surface area contributed by atoms with E-state index in [1.54, 1.807) is 7.11 Å². The molecule has 18 heavy (non-hydrogen) atoms. The van der Waals surface area contributed by atoms with Crippen LogP contribution in [0.25, 0.3) is 0 Å². The lowest BCUT2D eigenvalue weighted by Gasteiger charge is -2.54. The van der Waals surface area contributed by atoms with Crippen LogP contribution in [-0.4, -0.2) is 36.6 Å². The van der Waals surface area contributed by atoms with Crippen molar-refractivity contribution in [2.24, 2.45) is 5.41 Å². The van der Waals surface area contributed by atoms with Gasteiger partial charge in [-0.05, 0) is 38.5 Å². The van der Waals surface area contributed by atoms with Crippen LogP contribution in [0.5, 0.6) is 0 Å². The van der Waals surface area contributed by atoms with E-state index in [9.17, 15) is 5.11 Å². The van der Waals surface area contributed by atoms with E-state index in [1.165, 1.54) is 6.42 Å². The van der Waals surface area contributed by atoms with Gasteiger partial charge in [-0.3, -0.25) is 0 Å². The van der Waals surface area contributed by atoms with Gasteiger partial charge in [-0.2, -0.15) is 0 Å². The largest absolute Gasteiger partial charge is 0.392 e. The smallest absolute Gasteiger partial charge is 0.0684 e. The molecule has 0 heterocycles. The number of methoxy groups -OCH3 is 1. The van der Waals surface area contributed by atoms with Gasteiger partial charge in [0.05, 0.1) is 24.4 Å². The summed E-state index contributed by atoms with van der Waals surface area (Å²) in [6.07, 6.45) is 8.15. The molecule has 106 valence electrons. The van der Waals surface area contributed by atoms with E-state index in [-0.39, 0.29) is 17.6 Å². The van der Waals surface area contributed by atoms with Gasteiger partial charge in [0.2, 0.25) is 0 Å². The molecular formula is C15H28O3. The number of aliphatic hydroxyl groups excluding tert-OH is 1. The zero-order valence-corrected chi connectivity index (χ0v) is 12.0. The molecule has 4 atom stereocenters. The Balaban J connectivity index is 1.89. The average Bonchev–Trinajstić information content (AvgIpc) is 2.40. The van der Waals surface area contributed by atoms with Crippen molar-refractivity contribution in [2.45, 2.75) is 83.2 Å². The standard InChI is InChI=1S/C15H28O3/c1-4-15(5-2)13(16)10-14(15)18-12-8-6-7-11(9-12)17-3/h11-14,16H,4-10H2,1-3H3. The topological polar surface area (TPSA) is 38.7 Å². The second kappa shape index (κ2) is 5.89. The molecule has 0 spiro atoms. The summed E-state index contributed by atoms with van der Waals surface area (Å²) in [4.78, 5) is 0. The van der Waals surface area contributed by atoms with Crippen molar-refractivity contribution in [3.63, 3.8) is 0 Å². The summed E-state index contributed by atoms with van der Waals surface area (Å²) >= 11 is 0. The lowest BCUT2D eigenvalue weighted by molar-refractivity contribution is -0.221. The molecule has 4 unspecified atom stereocenters. The van der Waals surface area contributed by atoms with Crippen molar-refractivity contribution in [1.29, 1.82) is 0 Å². The summed E-state index contributed by atoms with van der Waals surface area (Å²) in [5, 5.41) is 10.1. The first kappa shape index (κ1) is 14.3. The van der Waals surface area contributed by atoms with Gasteiger partial charge < -0.3 is 14.6 Å². The molecule has 0 radical (unpaired) electrons. The zero-order chi connectivity index (χ0) is 13.2. The molecule has 0 aromatic rings. The van der Waals surface area contributed by atoms with Gasteiger partial charge >= 0.3 is 0 Å². The lowest BCUT2D eigenvalue weighted by Crippen LogP contribution is -2.58. The fourth-order valence-electron chi connectivity index (χ4n) is 3.77.